The molecule has 1 aromatic heterocycles. The number of hydrogen-bond donors (Lipinski definition) is 1. The number of furan rings is 1. The minimum Gasteiger partial charge on any atom is -0.462 e. The number of amides is 2. The fourth-order valence-electron chi connectivity index (χ4n) is 3.40. The van der Waals surface area contributed by atoms with Crippen LogP contribution in [-0.4, -0.2) is 53.2 Å². The zero-order chi connectivity index (χ0) is 22.8. The van der Waals surface area contributed by atoms with Gasteiger partial charge in [-0.25, -0.2) is 9.59 Å². The molecular weight excluding hydrogens is 406 g/mol. The third kappa shape index (κ3) is 4.00. The summed E-state index contributed by atoms with van der Waals surface area (Å²) < 4.78 is 15.6. The van der Waals surface area contributed by atoms with Gasteiger partial charge in [-0.1, -0.05) is 6.08 Å². The molecule has 31 heavy (non-hydrogen) atoms. The number of anilines is 1. The average molecular weight is 429 g/mol. The Hall–Kier alpha value is -3.69. The molecule has 1 N–H and O–H groups in total. The molecule has 10 heteroatoms. The lowest BCUT2D eigenvalue weighted by molar-refractivity contribution is -0.130. The van der Waals surface area contributed by atoms with Crippen molar-refractivity contribution in [2.75, 3.05) is 18.5 Å². The third-order valence-electron chi connectivity index (χ3n) is 4.86. The van der Waals surface area contributed by atoms with E-state index in [1.807, 2.05) is 0 Å². The van der Waals surface area contributed by atoms with E-state index in [0.717, 1.165) is 0 Å². The molecule has 0 spiro atoms. The highest BCUT2D eigenvalue weighted by molar-refractivity contribution is 6.14. The van der Waals surface area contributed by atoms with Gasteiger partial charge in [0.1, 0.15) is 28.3 Å². The molecule has 1 unspecified atom stereocenters. The lowest BCUT2D eigenvalue weighted by Gasteiger charge is -2.41. The van der Waals surface area contributed by atoms with Crippen molar-refractivity contribution in [1.29, 1.82) is 0 Å². The van der Waals surface area contributed by atoms with Gasteiger partial charge in [-0.15, -0.1) is 0 Å². The number of allylic oxidation sites excluding steroid dienone is 2. The van der Waals surface area contributed by atoms with E-state index in [1.165, 1.54) is 6.92 Å². The monoisotopic (exact) mass is 429 g/mol. The molecule has 1 aromatic rings. The summed E-state index contributed by atoms with van der Waals surface area (Å²) in [6.45, 7) is 6.42. The number of aryl methyl sites for hydroxylation is 1. The molecule has 0 bridgehead atoms. The molecule has 0 fully saturated rings. The standard InChI is InChI=1S/C21H23N3O7/c1-5-29-18(26)15-12(3)31-17(16(15)19(27)30-6-2)23-20(28)21(4)11-14(25)22-13-9-7-8-10-24(13)21/h7-10H,5-6,11H2,1-4H3,(H,23,28). The SMILES string of the molecule is CCOC(=O)c1c(C)oc(NC(=O)C2(C)CC(=O)N=C3C=CC=CN32)c1C(=O)OCC. The summed E-state index contributed by atoms with van der Waals surface area (Å²) in [6.07, 6.45) is 6.46. The number of esters is 2. The highest BCUT2D eigenvalue weighted by atomic mass is 16.5. The van der Waals surface area contributed by atoms with E-state index in [0.29, 0.717) is 5.84 Å². The Morgan fingerprint density at radius 3 is 2.45 bits per heavy atom. The van der Waals surface area contributed by atoms with Crippen LogP contribution in [0.3, 0.4) is 0 Å². The van der Waals surface area contributed by atoms with E-state index < -0.39 is 29.3 Å². The van der Waals surface area contributed by atoms with Crippen molar-refractivity contribution in [3.63, 3.8) is 0 Å². The molecule has 10 nitrogen and oxygen atoms in total. The van der Waals surface area contributed by atoms with Crippen LogP contribution in [-0.2, 0) is 19.1 Å². The van der Waals surface area contributed by atoms with Gasteiger partial charge in [-0.05, 0) is 39.8 Å². The summed E-state index contributed by atoms with van der Waals surface area (Å²) in [5.41, 5.74) is -1.70. The van der Waals surface area contributed by atoms with Gasteiger partial charge in [0.05, 0.1) is 19.6 Å². The molecule has 2 aliphatic heterocycles. The van der Waals surface area contributed by atoms with Crippen LogP contribution in [0.4, 0.5) is 5.88 Å². The molecule has 3 heterocycles. The molecule has 2 aliphatic rings. The number of nitrogens with one attached hydrogen (secondary N) is 1. The molecular formula is C21H23N3O7. The Morgan fingerprint density at radius 2 is 1.81 bits per heavy atom. The molecule has 3 rings (SSSR count). The van der Waals surface area contributed by atoms with Gasteiger partial charge < -0.3 is 18.8 Å². The number of carbonyl (C=O) groups excluding carboxylic acids is 4. The van der Waals surface area contributed by atoms with Crippen LogP contribution in [0.25, 0.3) is 0 Å². The fourth-order valence-corrected chi connectivity index (χ4v) is 3.40. The summed E-state index contributed by atoms with van der Waals surface area (Å²) in [4.78, 5) is 55.9. The number of ether oxygens (including phenoxy) is 2. The fraction of sp³-hybridized carbons (Fsp3) is 0.381. The number of aliphatic imine (C=N–C) groups is 1. The quantitative estimate of drug-likeness (QED) is 0.683. The zero-order valence-electron chi connectivity index (χ0n) is 17.7. The van der Waals surface area contributed by atoms with Gasteiger partial charge in [-0.2, -0.15) is 4.99 Å². The molecule has 0 aliphatic carbocycles. The topological polar surface area (TPSA) is 128 Å². The Morgan fingerprint density at radius 1 is 1.16 bits per heavy atom. The van der Waals surface area contributed by atoms with Crippen molar-refractivity contribution < 1.29 is 33.1 Å². The van der Waals surface area contributed by atoms with Crippen molar-refractivity contribution in [3.8, 4) is 0 Å². The minimum atomic E-state index is -1.34. The smallest absolute Gasteiger partial charge is 0.344 e. The minimum absolute atomic E-state index is 0.0513. The maximum absolute atomic E-state index is 13.3. The highest BCUT2D eigenvalue weighted by Gasteiger charge is 2.46. The number of carbonyl (C=O) groups is 4. The summed E-state index contributed by atoms with van der Waals surface area (Å²) in [6, 6.07) is 0. The highest BCUT2D eigenvalue weighted by Crippen LogP contribution is 2.33. The lowest BCUT2D eigenvalue weighted by atomic mass is 9.91. The van der Waals surface area contributed by atoms with Crippen molar-refractivity contribution in [2.45, 2.75) is 39.7 Å². The third-order valence-corrected chi connectivity index (χ3v) is 4.86. The summed E-state index contributed by atoms with van der Waals surface area (Å²) in [7, 11) is 0. The molecule has 0 saturated carbocycles. The van der Waals surface area contributed by atoms with E-state index in [2.05, 4.69) is 10.3 Å². The van der Waals surface area contributed by atoms with Gasteiger partial charge in [0.2, 0.25) is 5.88 Å². The van der Waals surface area contributed by atoms with Crippen LogP contribution in [0.1, 0.15) is 53.7 Å². The zero-order valence-corrected chi connectivity index (χ0v) is 17.7. The molecule has 2 amide bonds. The van der Waals surface area contributed by atoms with E-state index in [9.17, 15) is 19.2 Å². The summed E-state index contributed by atoms with van der Waals surface area (Å²) in [5.74, 6) is -2.54. The van der Waals surface area contributed by atoms with E-state index in [1.54, 1.807) is 50.1 Å². The maximum Gasteiger partial charge on any atom is 0.344 e. The molecule has 164 valence electrons. The van der Waals surface area contributed by atoms with Gasteiger partial charge in [0, 0.05) is 6.20 Å². The Bertz CT molecular complexity index is 1030. The van der Waals surface area contributed by atoms with Gasteiger partial charge in [0.25, 0.3) is 11.8 Å². The van der Waals surface area contributed by atoms with Crippen LogP contribution >= 0.6 is 0 Å². The van der Waals surface area contributed by atoms with Gasteiger partial charge >= 0.3 is 11.9 Å². The molecule has 1 atom stereocenters. The Balaban J connectivity index is 2.00. The van der Waals surface area contributed by atoms with E-state index >= 15 is 0 Å². The number of rotatable bonds is 6. The number of nitrogens with zero attached hydrogens (tertiary/aromatic N) is 2. The van der Waals surface area contributed by atoms with Gasteiger partial charge in [0.15, 0.2) is 0 Å². The van der Waals surface area contributed by atoms with Crippen LogP contribution in [0.2, 0.25) is 0 Å². The van der Waals surface area contributed by atoms with Crippen LogP contribution in [0.5, 0.6) is 0 Å². The van der Waals surface area contributed by atoms with Crippen LogP contribution in [0, 0.1) is 6.92 Å². The first-order chi connectivity index (χ1) is 14.7. The predicted octanol–water partition coefficient (Wildman–Crippen LogP) is 2.35. The average Bonchev–Trinajstić information content (AvgIpc) is 3.04. The van der Waals surface area contributed by atoms with Crippen molar-refractivity contribution in [2.24, 2.45) is 4.99 Å². The normalized spacial score (nSPS) is 19.5. The number of fused-ring (bicyclic) bond motifs is 1. The van der Waals surface area contributed by atoms with E-state index in [4.69, 9.17) is 13.9 Å². The molecule has 0 aromatic carbocycles. The Kier molecular flexibility index (Phi) is 6.09. The van der Waals surface area contributed by atoms with Gasteiger partial charge in [-0.3, -0.25) is 14.9 Å². The second-order valence-electron chi connectivity index (χ2n) is 7.02. The van der Waals surface area contributed by atoms with Crippen molar-refractivity contribution in [3.05, 3.63) is 41.3 Å². The number of amidine groups is 1. The van der Waals surface area contributed by atoms with E-state index in [-0.39, 0.29) is 42.4 Å². The summed E-state index contributed by atoms with van der Waals surface area (Å²) >= 11 is 0. The molecule has 0 saturated heterocycles. The van der Waals surface area contributed by atoms with Crippen molar-refractivity contribution >= 4 is 35.5 Å². The summed E-state index contributed by atoms with van der Waals surface area (Å²) in [5, 5.41) is 2.55. The Labute approximate surface area is 178 Å². The first kappa shape index (κ1) is 22.0. The largest absolute Gasteiger partial charge is 0.462 e. The van der Waals surface area contributed by atoms with Crippen LogP contribution in [0.15, 0.2) is 33.8 Å². The number of hydrogen-bond acceptors (Lipinski definition) is 8. The first-order valence-corrected chi connectivity index (χ1v) is 9.77. The maximum atomic E-state index is 13.3. The van der Waals surface area contributed by atoms with Crippen molar-refractivity contribution in [1.82, 2.24) is 4.90 Å². The van der Waals surface area contributed by atoms with Crippen LogP contribution < -0.4 is 5.32 Å². The second kappa shape index (κ2) is 8.58. The predicted molar refractivity (Wildman–Crippen MR) is 110 cm³/mol. The molecule has 0 radical (unpaired) electrons. The lowest BCUT2D eigenvalue weighted by Crippen LogP contribution is -2.58. The first-order valence-electron chi connectivity index (χ1n) is 9.77. The second-order valence-corrected chi connectivity index (χ2v) is 7.02.